The second kappa shape index (κ2) is 5.68. The van der Waals surface area contributed by atoms with Crippen LogP contribution in [0.25, 0.3) is 0 Å². The molecule has 1 aromatic rings. The Labute approximate surface area is 116 Å². The SMILES string of the molecule is CNC(c1ccco1)C1(N2CCCCC2)CCCC1. The topological polar surface area (TPSA) is 28.4 Å². The second-order valence-corrected chi connectivity index (χ2v) is 6.10. The van der Waals surface area contributed by atoms with Crippen molar-refractivity contribution in [2.45, 2.75) is 56.5 Å². The Bertz CT molecular complexity index is 375. The fraction of sp³-hybridized carbons (Fsp3) is 0.750. The summed E-state index contributed by atoms with van der Waals surface area (Å²) < 4.78 is 5.73. The zero-order valence-corrected chi connectivity index (χ0v) is 12.0. The molecule has 1 saturated heterocycles. The molecule has 0 aromatic carbocycles. The molecule has 1 saturated carbocycles. The molecule has 2 fully saturated rings. The molecular weight excluding hydrogens is 236 g/mol. The molecule has 3 rings (SSSR count). The van der Waals surface area contributed by atoms with Gasteiger partial charge < -0.3 is 9.73 Å². The van der Waals surface area contributed by atoms with Crippen molar-refractivity contribution in [2.24, 2.45) is 0 Å². The van der Waals surface area contributed by atoms with E-state index in [9.17, 15) is 0 Å². The Hall–Kier alpha value is -0.800. The Morgan fingerprint density at radius 2 is 1.89 bits per heavy atom. The highest BCUT2D eigenvalue weighted by molar-refractivity contribution is 5.15. The summed E-state index contributed by atoms with van der Waals surface area (Å²) in [5.74, 6) is 1.11. The van der Waals surface area contributed by atoms with Gasteiger partial charge in [0.05, 0.1) is 12.3 Å². The highest BCUT2D eigenvalue weighted by Crippen LogP contribution is 2.45. The van der Waals surface area contributed by atoms with Gasteiger partial charge in [0, 0.05) is 5.54 Å². The van der Waals surface area contributed by atoms with Crippen LogP contribution < -0.4 is 5.32 Å². The summed E-state index contributed by atoms with van der Waals surface area (Å²) >= 11 is 0. The minimum absolute atomic E-state index is 0.285. The maximum absolute atomic E-state index is 5.73. The van der Waals surface area contributed by atoms with Gasteiger partial charge in [-0.15, -0.1) is 0 Å². The monoisotopic (exact) mass is 262 g/mol. The molecule has 0 radical (unpaired) electrons. The minimum Gasteiger partial charge on any atom is -0.468 e. The van der Waals surface area contributed by atoms with E-state index in [2.05, 4.69) is 23.3 Å². The Balaban J connectivity index is 1.89. The van der Waals surface area contributed by atoms with E-state index >= 15 is 0 Å². The summed E-state index contributed by atoms with van der Waals surface area (Å²) in [5.41, 5.74) is 0.285. The van der Waals surface area contributed by atoms with Crippen LogP contribution in [-0.4, -0.2) is 30.6 Å². The highest BCUT2D eigenvalue weighted by Gasteiger charge is 2.47. The van der Waals surface area contributed by atoms with Gasteiger partial charge in [-0.05, 0) is 58.0 Å². The van der Waals surface area contributed by atoms with Crippen LogP contribution in [0.2, 0.25) is 0 Å². The second-order valence-electron chi connectivity index (χ2n) is 6.10. The molecule has 3 heteroatoms. The predicted octanol–water partition coefficient (Wildman–Crippen LogP) is 3.34. The van der Waals surface area contributed by atoms with Gasteiger partial charge >= 0.3 is 0 Å². The summed E-state index contributed by atoms with van der Waals surface area (Å²) in [5, 5.41) is 3.55. The summed E-state index contributed by atoms with van der Waals surface area (Å²) in [6.45, 7) is 2.53. The molecule has 0 spiro atoms. The maximum Gasteiger partial charge on any atom is 0.122 e. The van der Waals surface area contributed by atoms with Crippen molar-refractivity contribution in [1.82, 2.24) is 10.2 Å². The van der Waals surface area contributed by atoms with E-state index in [0.717, 1.165) is 5.76 Å². The van der Waals surface area contributed by atoms with Crippen molar-refractivity contribution in [3.8, 4) is 0 Å². The Morgan fingerprint density at radius 1 is 1.16 bits per heavy atom. The van der Waals surface area contributed by atoms with E-state index in [1.54, 1.807) is 6.26 Å². The molecule has 1 aromatic heterocycles. The number of rotatable bonds is 4. The summed E-state index contributed by atoms with van der Waals surface area (Å²) in [6.07, 6.45) is 11.2. The number of hydrogen-bond donors (Lipinski definition) is 1. The van der Waals surface area contributed by atoms with Crippen molar-refractivity contribution in [3.63, 3.8) is 0 Å². The van der Waals surface area contributed by atoms with Crippen LogP contribution >= 0.6 is 0 Å². The fourth-order valence-electron chi connectivity index (χ4n) is 4.25. The number of nitrogens with one attached hydrogen (secondary N) is 1. The summed E-state index contributed by atoms with van der Waals surface area (Å²) in [6, 6.07) is 4.48. The van der Waals surface area contributed by atoms with Gasteiger partial charge in [-0.1, -0.05) is 19.3 Å². The average Bonchev–Trinajstić information content (AvgIpc) is 3.13. The van der Waals surface area contributed by atoms with Crippen molar-refractivity contribution >= 4 is 0 Å². The van der Waals surface area contributed by atoms with Crippen LogP contribution in [0.5, 0.6) is 0 Å². The smallest absolute Gasteiger partial charge is 0.122 e. The molecule has 1 unspecified atom stereocenters. The standard InChI is InChI=1S/C16H26N2O/c1-17-15(14-8-7-13-19-14)16(9-3-4-10-16)18-11-5-2-6-12-18/h7-8,13,15,17H,2-6,9-12H2,1H3. The normalized spacial score (nSPS) is 25.5. The lowest BCUT2D eigenvalue weighted by molar-refractivity contribution is 0.0319. The molecule has 3 nitrogen and oxygen atoms in total. The summed E-state index contributed by atoms with van der Waals surface area (Å²) in [4.78, 5) is 2.76. The van der Waals surface area contributed by atoms with Gasteiger partial charge in [-0.3, -0.25) is 4.90 Å². The zero-order valence-electron chi connectivity index (χ0n) is 12.0. The number of likely N-dealkylation sites (tertiary alicyclic amines) is 1. The van der Waals surface area contributed by atoms with Crippen LogP contribution in [0.4, 0.5) is 0 Å². The van der Waals surface area contributed by atoms with Crippen molar-refractivity contribution in [3.05, 3.63) is 24.2 Å². The number of furan rings is 1. The van der Waals surface area contributed by atoms with Crippen LogP contribution in [0.15, 0.2) is 22.8 Å². The van der Waals surface area contributed by atoms with Crippen LogP contribution in [0.1, 0.15) is 56.7 Å². The first-order valence-corrected chi connectivity index (χ1v) is 7.82. The quantitative estimate of drug-likeness (QED) is 0.902. The lowest BCUT2D eigenvalue weighted by atomic mass is 9.83. The van der Waals surface area contributed by atoms with Crippen LogP contribution in [0.3, 0.4) is 0 Å². The molecule has 1 aliphatic carbocycles. The van der Waals surface area contributed by atoms with E-state index in [-0.39, 0.29) is 5.54 Å². The van der Waals surface area contributed by atoms with Gasteiger partial charge in [-0.25, -0.2) is 0 Å². The number of piperidine rings is 1. The van der Waals surface area contributed by atoms with Crippen LogP contribution in [0, 0.1) is 0 Å². The largest absolute Gasteiger partial charge is 0.468 e. The van der Waals surface area contributed by atoms with E-state index in [0.29, 0.717) is 6.04 Å². The van der Waals surface area contributed by atoms with Gasteiger partial charge in [-0.2, -0.15) is 0 Å². The zero-order chi connectivity index (χ0) is 13.1. The van der Waals surface area contributed by atoms with Crippen molar-refractivity contribution in [1.29, 1.82) is 0 Å². The average molecular weight is 262 g/mol. The van der Waals surface area contributed by atoms with E-state index in [4.69, 9.17) is 4.42 Å². The molecule has 2 heterocycles. The molecule has 1 aliphatic heterocycles. The molecule has 19 heavy (non-hydrogen) atoms. The van der Waals surface area contributed by atoms with Crippen molar-refractivity contribution in [2.75, 3.05) is 20.1 Å². The summed E-state index contributed by atoms with van der Waals surface area (Å²) in [7, 11) is 2.08. The maximum atomic E-state index is 5.73. The number of hydrogen-bond acceptors (Lipinski definition) is 3. The molecule has 106 valence electrons. The molecular formula is C16H26N2O. The Morgan fingerprint density at radius 3 is 2.47 bits per heavy atom. The third kappa shape index (κ3) is 2.34. The van der Waals surface area contributed by atoms with Crippen LogP contribution in [-0.2, 0) is 0 Å². The lowest BCUT2D eigenvalue weighted by Crippen LogP contribution is -2.56. The molecule has 1 atom stereocenters. The molecule has 0 amide bonds. The van der Waals surface area contributed by atoms with Crippen molar-refractivity contribution < 1.29 is 4.42 Å². The van der Waals surface area contributed by atoms with Gasteiger partial charge in [0.25, 0.3) is 0 Å². The van der Waals surface area contributed by atoms with Gasteiger partial charge in [0.15, 0.2) is 0 Å². The first kappa shape index (κ1) is 13.2. The molecule has 2 aliphatic rings. The van der Waals surface area contributed by atoms with E-state index in [1.807, 2.05) is 6.07 Å². The minimum atomic E-state index is 0.285. The third-order valence-corrected chi connectivity index (χ3v) is 5.11. The molecule has 1 N–H and O–H groups in total. The highest BCUT2D eigenvalue weighted by atomic mass is 16.3. The van der Waals surface area contributed by atoms with E-state index in [1.165, 1.54) is 58.0 Å². The number of likely N-dealkylation sites (N-methyl/N-ethyl adjacent to an activating group) is 1. The third-order valence-electron chi connectivity index (χ3n) is 5.11. The number of nitrogens with zero attached hydrogens (tertiary/aromatic N) is 1. The molecule has 0 bridgehead atoms. The van der Waals surface area contributed by atoms with Gasteiger partial charge in [0.1, 0.15) is 5.76 Å². The van der Waals surface area contributed by atoms with Gasteiger partial charge in [0.2, 0.25) is 0 Å². The first-order valence-electron chi connectivity index (χ1n) is 7.82. The lowest BCUT2D eigenvalue weighted by Gasteiger charge is -2.47. The Kier molecular flexibility index (Phi) is 3.94. The fourth-order valence-corrected chi connectivity index (χ4v) is 4.25. The van der Waals surface area contributed by atoms with E-state index < -0.39 is 0 Å². The first-order chi connectivity index (χ1) is 9.37. The predicted molar refractivity (Wildman–Crippen MR) is 77.1 cm³/mol.